The van der Waals surface area contributed by atoms with Gasteiger partial charge in [-0.05, 0) is 111 Å². The average Bonchev–Trinajstić information content (AvgIpc) is 1.57. The Morgan fingerprint density at radius 1 is 0.575 bits per heavy atom. The summed E-state index contributed by atoms with van der Waals surface area (Å²) in [7, 11) is -7.60. The van der Waals surface area contributed by atoms with Crippen LogP contribution < -0.4 is 33.7 Å². The van der Waals surface area contributed by atoms with Crippen molar-refractivity contribution >= 4 is 123 Å². The van der Waals surface area contributed by atoms with Gasteiger partial charge in [-0.1, -0.05) is 118 Å². The van der Waals surface area contributed by atoms with Crippen LogP contribution in [0.5, 0.6) is 23.0 Å². The summed E-state index contributed by atoms with van der Waals surface area (Å²) in [5, 5.41) is 9.83. The van der Waals surface area contributed by atoms with Crippen LogP contribution in [0.15, 0.2) is 47.2 Å². The van der Waals surface area contributed by atoms with Gasteiger partial charge in [0, 0.05) is 111 Å². The largest absolute Gasteiger partial charge is 0.491 e. The van der Waals surface area contributed by atoms with Gasteiger partial charge < -0.3 is 43.5 Å². The fourth-order valence-corrected chi connectivity index (χ4v) is 23.8. The number of pyridine rings is 2. The minimum Gasteiger partial charge on any atom is -0.491 e. The van der Waals surface area contributed by atoms with E-state index in [9.17, 15) is 45.6 Å². The molecule has 10 fully saturated rings. The van der Waals surface area contributed by atoms with E-state index < -0.39 is 89.6 Å². The van der Waals surface area contributed by atoms with Crippen LogP contribution in [0.25, 0.3) is 43.2 Å². The Hall–Kier alpha value is -6.78. The predicted molar refractivity (Wildman–Crippen MR) is 461 cm³/mol. The number of ketones is 2. The normalized spacial score (nSPS) is 27.6. The number of sulfonamides is 2. The van der Waals surface area contributed by atoms with Gasteiger partial charge in [0.25, 0.3) is 0 Å². The average molecular weight is 1770 g/mol. The number of carbonyl (C=O) groups excluding carboxylic acids is 6. The molecular weight excluding hydrogens is 1650 g/mol. The number of rotatable bonds is 34. The Morgan fingerprint density at radius 2 is 1.01 bits per heavy atom. The van der Waals surface area contributed by atoms with Crippen molar-refractivity contribution in [3.63, 3.8) is 0 Å². The summed E-state index contributed by atoms with van der Waals surface area (Å²) in [6.07, 6.45) is 6.12. The minimum atomic E-state index is -3.80. The number of fused-ring (bicyclic) bond motifs is 4. The topological polar surface area (TPSA) is 327 Å². The van der Waals surface area contributed by atoms with Crippen LogP contribution in [0.2, 0.25) is 10.0 Å². The Bertz CT molecular complexity index is 4760. The fourth-order valence-electron chi connectivity index (χ4n) is 18.6. The van der Waals surface area contributed by atoms with Gasteiger partial charge in [0.2, 0.25) is 43.7 Å². The van der Waals surface area contributed by atoms with Crippen LogP contribution in [0.3, 0.4) is 0 Å². The van der Waals surface area contributed by atoms with Gasteiger partial charge >= 0.3 is 0 Å². The number of ether oxygens (including phenoxy) is 6. The third kappa shape index (κ3) is 18.4. The molecule has 0 unspecified atom stereocenters. The molecule has 4 saturated carbocycles. The summed E-state index contributed by atoms with van der Waals surface area (Å²) < 4.78 is 93.5. The maximum atomic E-state index is 14.7. The molecule has 10 heterocycles. The Kier molecular flexibility index (Phi) is 26.7. The zero-order valence-corrected chi connectivity index (χ0v) is 75.1. The van der Waals surface area contributed by atoms with Crippen molar-refractivity contribution in [1.29, 1.82) is 0 Å². The molecule has 27 nitrogen and oxygen atoms in total. The van der Waals surface area contributed by atoms with E-state index in [1.54, 1.807) is 9.80 Å². The van der Waals surface area contributed by atoms with Gasteiger partial charge in [0.05, 0.1) is 100 Å². The molecule has 16 rings (SSSR count). The third-order valence-corrected chi connectivity index (χ3v) is 33.2. The molecule has 4 aromatic heterocycles. The predicted octanol–water partition coefficient (Wildman–Crippen LogP) is 12.6. The zero-order valence-electron chi connectivity index (χ0n) is 70.4. The molecular formula is C87H115Cl2N11O16S4. The number of morpholine rings is 2. The maximum Gasteiger partial charge on any atom is 0.241 e. The second-order valence-electron chi connectivity index (χ2n) is 35.5. The first kappa shape index (κ1) is 88.1. The highest BCUT2D eigenvalue weighted by Crippen LogP contribution is 2.60. The number of nitrogens with one attached hydrogen (secondary N) is 3. The standard InChI is InChI=1S/C44H58ClN5O8S2.C43H57ClN6O8S2/c1-6-26(5)29-10-12-33-38(21-34(50(33)42(29)52)35(51)23-44(22-27(44)7-2)43(53)48-60(54,55)28-8-9-28)58-37-20-31(41-47-32(24-59-41)25(3)4)46-40-30(37)11-13-36(39(40)45)57-19-16-49-14-17-56-18-15-49;1-6-25(5)38-41(52)50-31(33(51)21-43(20-26(43)7-2)42(53)48-60(54,55)27-8-9-27)19-36(32(50)22-45-38)58-35-18-29(40-47-30(23-59-40)24(3)4)46-39-28(35)10-11-34(37(39)44)57-17-14-49-12-15-56-16-13-49/h11,13,20,24-29,33-34,38H,6-10,12,14-19,21-23H2,1-5H3,(H,48,53);10-11,18,23-27,31-32,36,38,45H,6-9,12-17,19-22H2,1-5H3,(H,48,53)/t26-,27-,29-,33-,34+,38-,44-;25-,26-,31+,32-,36-,38-,43-/m11/s1. The van der Waals surface area contributed by atoms with Crippen molar-refractivity contribution in [3.8, 4) is 44.4 Å². The molecule has 2 aromatic carbocycles. The molecule has 6 saturated heterocycles. The van der Waals surface area contributed by atoms with E-state index in [0.29, 0.717) is 187 Å². The summed E-state index contributed by atoms with van der Waals surface area (Å²) in [6.45, 7) is 29.4. The molecule has 0 bridgehead atoms. The van der Waals surface area contributed by atoms with Crippen LogP contribution >= 0.6 is 45.9 Å². The zero-order chi connectivity index (χ0) is 85.0. The van der Waals surface area contributed by atoms with Crippen molar-refractivity contribution in [3.05, 3.63) is 68.6 Å². The molecule has 3 N–H and O–H groups in total. The minimum absolute atomic E-state index is 0.0139. The van der Waals surface area contributed by atoms with Gasteiger partial charge in [0.15, 0.2) is 11.6 Å². The Balaban J connectivity index is 0.000000187. The number of amides is 4. The van der Waals surface area contributed by atoms with Crippen molar-refractivity contribution in [2.75, 3.05) is 85.5 Å². The van der Waals surface area contributed by atoms with Gasteiger partial charge in [0.1, 0.15) is 79.9 Å². The quantitative estimate of drug-likeness (QED) is 0.0338. The second-order valence-corrected chi connectivity index (χ2v) is 41.9. The number of hydrogen-bond donors (Lipinski definition) is 3. The van der Waals surface area contributed by atoms with Crippen LogP contribution in [0.1, 0.15) is 195 Å². The second kappa shape index (κ2) is 36.4. The number of Topliss-reactive ketones (excluding diaryl/α,β-unsaturated/α-hetero) is 2. The summed E-state index contributed by atoms with van der Waals surface area (Å²) in [4.78, 5) is 114. The van der Waals surface area contributed by atoms with Crippen molar-refractivity contribution in [2.24, 2.45) is 40.4 Å². The molecule has 6 aromatic rings. The lowest BCUT2D eigenvalue weighted by molar-refractivity contribution is -0.149. The van der Waals surface area contributed by atoms with E-state index in [2.05, 4.69) is 66.1 Å². The molecule has 120 heavy (non-hydrogen) atoms. The van der Waals surface area contributed by atoms with Crippen LogP contribution in [-0.2, 0) is 58.3 Å². The van der Waals surface area contributed by atoms with Crippen molar-refractivity contribution < 1.29 is 74.0 Å². The number of nitrogens with zero attached hydrogens (tertiary/aromatic N) is 8. The van der Waals surface area contributed by atoms with E-state index in [0.717, 1.165) is 63.5 Å². The van der Waals surface area contributed by atoms with Gasteiger partial charge in [-0.25, -0.2) is 36.8 Å². The highest BCUT2D eigenvalue weighted by atomic mass is 35.5. The molecule has 33 heteroatoms. The lowest BCUT2D eigenvalue weighted by Crippen LogP contribution is -2.64. The molecule has 652 valence electrons. The highest BCUT2D eigenvalue weighted by Gasteiger charge is 2.65. The highest BCUT2D eigenvalue weighted by molar-refractivity contribution is 7.91. The smallest absolute Gasteiger partial charge is 0.241 e. The SMILES string of the molecule is CC[C@@H]1C[C@]1(CC(=O)[C@@H]1C[C@@H](Oc2cc(-c3nc(C(C)C)cs3)nc3c(Cl)c(OCCN4CCOCC4)ccc23)[C@H]2CC[C@H]([C@H](C)CC)C(=O)N21)C(=O)NS(=O)(=O)C1CC1.CC[C@@H]1C[C@]1(CC(=O)[C@@H]1C[C@@H](Oc2cc(-c3nc(C(C)C)cs3)nc3c(Cl)c(OCCN4CCOCC4)ccc23)[C@H]2CN[C@H]([C@H](C)CC)C(=O)N21)C(=O)NS(=O)(=O)C1CC1. The molecule has 0 spiro atoms. The van der Waals surface area contributed by atoms with E-state index >= 15 is 0 Å². The molecule has 14 atom stereocenters. The van der Waals surface area contributed by atoms with Crippen molar-refractivity contribution in [1.82, 2.24) is 54.3 Å². The monoisotopic (exact) mass is 1770 g/mol. The van der Waals surface area contributed by atoms with E-state index in [-0.39, 0.29) is 96.5 Å². The van der Waals surface area contributed by atoms with Crippen molar-refractivity contribution in [2.45, 2.75) is 237 Å². The number of halogens is 2. The Labute approximate surface area is 722 Å². The van der Waals surface area contributed by atoms with E-state index in [1.807, 2.05) is 74.9 Å². The lowest BCUT2D eigenvalue weighted by atomic mass is 9.81. The summed E-state index contributed by atoms with van der Waals surface area (Å²) >= 11 is 17.2. The first-order valence-electron chi connectivity index (χ1n) is 43.4. The molecule has 4 amide bonds. The molecule has 10 aliphatic rings. The fraction of sp³-hybridized carbons (Fsp3) is 0.655. The first-order chi connectivity index (χ1) is 57.5. The van der Waals surface area contributed by atoms with Crippen LogP contribution in [0, 0.1) is 40.4 Å². The molecule has 0 radical (unpaired) electrons. The van der Waals surface area contributed by atoms with Gasteiger partial charge in [-0.15, -0.1) is 22.7 Å². The number of piperazine rings is 1. The van der Waals surface area contributed by atoms with Crippen LogP contribution in [-0.4, -0.2) is 230 Å². The maximum absolute atomic E-state index is 14.7. The van der Waals surface area contributed by atoms with Gasteiger partial charge in [-0.3, -0.25) is 48.0 Å². The first-order valence-corrected chi connectivity index (χ1v) is 49.0. The summed E-state index contributed by atoms with van der Waals surface area (Å²) in [5.41, 5.74) is 1.80. The number of hydrogen-bond acceptors (Lipinski definition) is 25. The summed E-state index contributed by atoms with van der Waals surface area (Å²) in [6, 6.07) is 8.12. The number of thiazole rings is 2. The third-order valence-electron chi connectivity index (χ3n) is 27.0. The molecule has 6 aliphatic heterocycles. The molecule has 4 aliphatic carbocycles. The Morgan fingerprint density at radius 3 is 1.41 bits per heavy atom. The van der Waals surface area contributed by atoms with E-state index in [1.165, 1.54) is 22.7 Å². The number of aromatic nitrogens is 4. The number of benzene rings is 2. The van der Waals surface area contributed by atoms with Crippen LogP contribution in [0.4, 0.5) is 0 Å². The van der Waals surface area contributed by atoms with E-state index in [4.69, 9.17) is 71.6 Å². The number of piperidine rings is 1. The van der Waals surface area contributed by atoms with Gasteiger partial charge in [-0.2, -0.15) is 0 Å². The number of carbonyl (C=O) groups is 6. The lowest BCUT2D eigenvalue weighted by Gasteiger charge is -2.41. The summed E-state index contributed by atoms with van der Waals surface area (Å²) in [5.74, 6) is 0.169.